The van der Waals surface area contributed by atoms with Gasteiger partial charge in [0.1, 0.15) is 0 Å². The normalized spacial score (nSPS) is 28.0. The quantitative estimate of drug-likeness (QED) is 0.715. The summed E-state index contributed by atoms with van der Waals surface area (Å²) in [6.07, 6.45) is 7.20. The predicted octanol–water partition coefficient (Wildman–Crippen LogP) is 2.21. The van der Waals surface area contributed by atoms with Gasteiger partial charge >= 0.3 is 0 Å². The number of rotatable bonds is 8. The fraction of sp³-hybridized carbons (Fsp3) is 0.619. The molecule has 2 aliphatic carbocycles. The molecule has 5 nitrogen and oxygen atoms in total. The van der Waals surface area contributed by atoms with Crippen LogP contribution in [-0.2, 0) is 10.0 Å². The third-order valence-corrected chi connectivity index (χ3v) is 7.20. The van der Waals surface area contributed by atoms with Crippen molar-refractivity contribution in [2.75, 3.05) is 25.4 Å². The third kappa shape index (κ3) is 4.62. The first kappa shape index (κ1) is 19.1. The van der Waals surface area contributed by atoms with E-state index in [0.717, 1.165) is 19.5 Å². The van der Waals surface area contributed by atoms with E-state index in [1.54, 1.807) is 5.57 Å². The van der Waals surface area contributed by atoms with E-state index in [0.29, 0.717) is 30.0 Å². The fourth-order valence-electron chi connectivity index (χ4n) is 5.00. The second-order valence-corrected chi connectivity index (χ2v) is 10.5. The minimum atomic E-state index is -3.34. The zero-order valence-electron chi connectivity index (χ0n) is 16.1. The van der Waals surface area contributed by atoms with E-state index in [2.05, 4.69) is 53.5 Å². The average molecular weight is 390 g/mol. The summed E-state index contributed by atoms with van der Waals surface area (Å²) in [5.74, 6) is 0.765. The van der Waals surface area contributed by atoms with Crippen molar-refractivity contribution in [2.24, 2.45) is 16.5 Å². The molecule has 1 saturated heterocycles. The van der Waals surface area contributed by atoms with E-state index < -0.39 is 10.0 Å². The largest absolute Gasteiger partial charge is 0.311 e. The summed E-state index contributed by atoms with van der Waals surface area (Å²) in [5.41, 5.74) is 3.30. The summed E-state index contributed by atoms with van der Waals surface area (Å²) in [5, 5.41) is 8.95. The molecule has 2 saturated carbocycles. The Hall–Kier alpha value is -1.21. The Kier molecular flexibility index (Phi) is 5.18. The van der Waals surface area contributed by atoms with Crippen LogP contribution in [0.5, 0.6) is 0 Å². The van der Waals surface area contributed by atoms with Crippen molar-refractivity contribution < 1.29 is 8.42 Å². The zero-order valence-corrected chi connectivity index (χ0v) is 16.9. The zero-order chi connectivity index (χ0) is 19.1. The first-order valence-electron chi connectivity index (χ1n) is 10.1. The van der Waals surface area contributed by atoms with Gasteiger partial charge in [0.15, 0.2) is 0 Å². The molecule has 0 amide bonds. The van der Waals surface area contributed by atoms with Gasteiger partial charge in [0.25, 0.3) is 0 Å². The van der Waals surface area contributed by atoms with Gasteiger partial charge in [0, 0.05) is 31.7 Å². The van der Waals surface area contributed by atoms with Gasteiger partial charge in [-0.05, 0) is 42.6 Å². The van der Waals surface area contributed by atoms with Crippen LogP contribution in [0.1, 0.15) is 38.2 Å². The van der Waals surface area contributed by atoms with Gasteiger partial charge in [-0.2, -0.15) is 0 Å². The highest BCUT2D eigenvalue weighted by atomic mass is 32.2. The molecule has 0 bridgehead atoms. The monoisotopic (exact) mass is 389 g/mol. The molecule has 1 aromatic carbocycles. The van der Waals surface area contributed by atoms with Crippen LogP contribution in [0.2, 0.25) is 0 Å². The molecule has 148 valence electrons. The van der Waals surface area contributed by atoms with E-state index in [9.17, 15) is 8.42 Å². The highest BCUT2D eigenvalue weighted by molar-refractivity contribution is 7.89. The molecule has 3 N–H and O–H groups in total. The molecule has 3 fully saturated rings. The molecule has 1 heterocycles. The maximum atomic E-state index is 11.1. The van der Waals surface area contributed by atoms with Crippen LogP contribution >= 0.6 is 0 Å². The second kappa shape index (κ2) is 7.32. The van der Waals surface area contributed by atoms with Crippen LogP contribution in [0.25, 0.3) is 6.08 Å². The molecule has 6 heteroatoms. The van der Waals surface area contributed by atoms with Crippen LogP contribution in [0, 0.1) is 11.3 Å². The lowest BCUT2D eigenvalue weighted by atomic mass is 9.60. The lowest BCUT2D eigenvalue weighted by molar-refractivity contribution is -0.0759. The maximum Gasteiger partial charge on any atom is 0.210 e. The standard InChI is InChI=1S/C21H31N3O2S/c1-2-17(10-16-6-4-3-5-7-16)19-11-20(19)23-18-12-21(13-18)14-24(15-21)8-9-27(22,25)26/h3-7,10,18-20,23H,2,8-9,11-15H2,1H3,(H2,22,25,26)/b17-10+/t19-,20+/m1/s1. The van der Waals surface area contributed by atoms with E-state index in [1.165, 1.54) is 24.8 Å². The summed E-state index contributed by atoms with van der Waals surface area (Å²) in [7, 11) is -3.34. The minimum absolute atomic E-state index is 0.0715. The Morgan fingerprint density at radius 1 is 1.30 bits per heavy atom. The van der Waals surface area contributed by atoms with Crippen molar-refractivity contribution in [3.63, 3.8) is 0 Å². The minimum Gasteiger partial charge on any atom is -0.311 e. The first-order valence-corrected chi connectivity index (χ1v) is 11.8. The number of hydrogen-bond acceptors (Lipinski definition) is 4. The number of sulfonamides is 1. The second-order valence-electron chi connectivity index (χ2n) is 8.78. The van der Waals surface area contributed by atoms with Crippen molar-refractivity contribution in [3.05, 3.63) is 41.5 Å². The summed E-state index contributed by atoms with van der Waals surface area (Å²) in [4.78, 5) is 2.22. The van der Waals surface area contributed by atoms with Gasteiger partial charge in [0.05, 0.1) is 5.75 Å². The lowest BCUT2D eigenvalue weighted by Gasteiger charge is -2.59. The Morgan fingerprint density at radius 2 is 2.00 bits per heavy atom. The SMILES string of the molecule is CC/C(=C\c1ccccc1)[C@H]1C[C@@H]1NC1CC2(C1)CN(CCS(N)(=O)=O)C2. The Labute approximate surface area is 163 Å². The molecule has 1 spiro atoms. The van der Waals surface area contributed by atoms with Crippen molar-refractivity contribution in [1.29, 1.82) is 0 Å². The number of benzene rings is 1. The summed E-state index contributed by atoms with van der Waals surface area (Å²) in [6.45, 7) is 4.90. The number of primary sulfonamides is 1. The highest BCUT2D eigenvalue weighted by Gasteiger charge is 2.53. The molecule has 1 aliphatic heterocycles. The summed E-state index contributed by atoms with van der Waals surface area (Å²) in [6, 6.07) is 11.9. The smallest absolute Gasteiger partial charge is 0.210 e. The van der Waals surface area contributed by atoms with E-state index in [1.807, 2.05) is 0 Å². The third-order valence-electron chi connectivity index (χ3n) is 6.45. The van der Waals surface area contributed by atoms with Gasteiger partial charge in [-0.25, -0.2) is 13.6 Å². The number of likely N-dealkylation sites (tertiary alicyclic amines) is 1. The molecule has 2 atom stereocenters. The molecule has 4 rings (SSSR count). The molecule has 0 radical (unpaired) electrons. The van der Waals surface area contributed by atoms with Crippen molar-refractivity contribution in [3.8, 4) is 0 Å². The van der Waals surface area contributed by atoms with Gasteiger partial charge in [0.2, 0.25) is 10.0 Å². The topological polar surface area (TPSA) is 75.4 Å². The van der Waals surface area contributed by atoms with E-state index in [4.69, 9.17) is 5.14 Å². The molecular formula is C21H31N3O2S. The van der Waals surface area contributed by atoms with Crippen LogP contribution in [0.4, 0.5) is 0 Å². The molecular weight excluding hydrogens is 358 g/mol. The highest BCUT2D eigenvalue weighted by Crippen LogP contribution is 2.50. The Bertz CT molecular complexity index is 792. The maximum absolute atomic E-state index is 11.1. The fourth-order valence-corrected chi connectivity index (χ4v) is 5.52. The average Bonchev–Trinajstić information content (AvgIpc) is 3.31. The molecule has 1 aromatic rings. The van der Waals surface area contributed by atoms with Gasteiger partial charge in [-0.1, -0.05) is 48.9 Å². The van der Waals surface area contributed by atoms with Gasteiger partial charge in [-0.15, -0.1) is 0 Å². The van der Waals surface area contributed by atoms with Crippen molar-refractivity contribution in [2.45, 2.75) is 44.7 Å². The van der Waals surface area contributed by atoms with Crippen LogP contribution in [0.3, 0.4) is 0 Å². The van der Waals surface area contributed by atoms with Crippen molar-refractivity contribution in [1.82, 2.24) is 10.2 Å². The van der Waals surface area contributed by atoms with E-state index in [-0.39, 0.29) is 5.75 Å². The Morgan fingerprint density at radius 3 is 2.63 bits per heavy atom. The Balaban J connectivity index is 1.19. The van der Waals surface area contributed by atoms with Crippen LogP contribution in [0.15, 0.2) is 35.9 Å². The molecule has 3 aliphatic rings. The molecule has 0 aromatic heterocycles. The summed E-state index contributed by atoms with van der Waals surface area (Å²) >= 11 is 0. The molecule has 0 unspecified atom stereocenters. The van der Waals surface area contributed by atoms with E-state index >= 15 is 0 Å². The van der Waals surface area contributed by atoms with Gasteiger partial charge < -0.3 is 10.2 Å². The summed E-state index contributed by atoms with van der Waals surface area (Å²) < 4.78 is 22.1. The number of nitrogens with two attached hydrogens (primary N) is 1. The number of hydrogen-bond donors (Lipinski definition) is 2. The lowest BCUT2D eigenvalue weighted by Crippen LogP contribution is -2.66. The number of nitrogens with zero attached hydrogens (tertiary/aromatic N) is 1. The molecule has 27 heavy (non-hydrogen) atoms. The first-order chi connectivity index (χ1) is 12.9. The van der Waals surface area contributed by atoms with Crippen LogP contribution in [-0.4, -0.2) is 50.8 Å². The van der Waals surface area contributed by atoms with Crippen LogP contribution < -0.4 is 10.5 Å². The van der Waals surface area contributed by atoms with Gasteiger partial charge in [-0.3, -0.25) is 0 Å². The number of nitrogens with one attached hydrogen (secondary N) is 1. The van der Waals surface area contributed by atoms with Crippen molar-refractivity contribution >= 4 is 16.1 Å². The predicted molar refractivity (Wildman–Crippen MR) is 110 cm³/mol.